The summed E-state index contributed by atoms with van der Waals surface area (Å²) in [6.45, 7) is 0. The van der Waals surface area contributed by atoms with Crippen LogP contribution in [-0.4, -0.2) is 9.13 Å². The van der Waals surface area contributed by atoms with E-state index in [4.69, 9.17) is 0 Å². The van der Waals surface area contributed by atoms with Gasteiger partial charge in [-0.05, 0) is 83.6 Å². The molecule has 266 valence electrons. The Morgan fingerprint density at radius 1 is 0.404 bits per heavy atom. The number of anilines is 3. The number of hydrogen-bond donors (Lipinski definition) is 0. The van der Waals surface area contributed by atoms with Crippen molar-refractivity contribution in [1.29, 1.82) is 0 Å². The Kier molecular flexibility index (Phi) is 6.54. The lowest BCUT2D eigenvalue weighted by Crippen LogP contribution is -2.13. The lowest BCUT2D eigenvalue weighted by molar-refractivity contribution is 1.08. The highest BCUT2D eigenvalue weighted by Gasteiger charge is 2.28. The van der Waals surface area contributed by atoms with E-state index < -0.39 is 0 Å². The number of benzene rings is 9. The van der Waals surface area contributed by atoms with Crippen LogP contribution in [0, 0.1) is 0 Å². The van der Waals surface area contributed by atoms with Gasteiger partial charge in [-0.15, -0.1) is 11.3 Å². The summed E-state index contributed by atoms with van der Waals surface area (Å²) in [5, 5.41) is 10.1. The maximum atomic E-state index is 2.49. The summed E-state index contributed by atoms with van der Waals surface area (Å²) in [7, 11) is 0. The molecule has 0 saturated carbocycles. The molecule has 0 fully saturated rings. The SMILES string of the molecule is c1ccc2c(c1)Sc1c(N(c3ccc4ccccc4c3)c3ccc4c5ccccc5n(-c5ccc6c(c5)sc5ccccc56)c4c3)ccc3c4ccccc4n-2c13. The van der Waals surface area contributed by atoms with E-state index in [1.165, 1.54) is 95.7 Å². The van der Waals surface area contributed by atoms with Gasteiger partial charge in [-0.3, -0.25) is 0 Å². The Morgan fingerprint density at radius 3 is 1.93 bits per heavy atom. The molecule has 0 saturated heterocycles. The van der Waals surface area contributed by atoms with Gasteiger partial charge in [-0.1, -0.05) is 127 Å². The summed E-state index contributed by atoms with van der Waals surface area (Å²) < 4.78 is 7.57. The van der Waals surface area contributed by atoms with Crippen molar-refractivity contribution in [2.45, 2.75) is 9.79 Å². The van der Waals surface area contributed by atoms with Crippen LogP contribution in [0.5, 0.6) is 0 Å². The van der Waals surface area contributed by atoms with Gasteiger partial charge in [0.25, 0.3) is 0 Å². The van der Waals surface area contributed by atoms with Crippen LogP contribution in [0.3, 0.4) is 0 Å². The molecule has 0 unspecified atom stereocenters. The van der Waals surface area contributed by atoms with E-state index in [0.29, 0.717) is 0 Å². The molecule has 5 heteroatoms. The molecule has 1 aliphatic rings. The van der Waals surface area contributed by atoms with E-state index in [9.17, 15) is 0 Å². The molecule has 0 atom stereocenters. The molecule has 3 aromatic heterocycles. The third kappa shape index (κ3) is 4.49. The van der Waals surface area contributed by atoms with Crippen LogP contribution in [0.1, 0.15) is 0 Å². The Bertz CT molecular complexity index is 3640. The number of para-hydroxylation sites is 3. The lowest BCUT2D eigenvalue weighted by Gasteiger charge is -2.30. The van der Waals surface area contributed by atoms with Crippen LogP contribution in [0.25, 0.3) is 85.9 Å². The van der Waals surface area contributed by atoms with E-state index in [2.05, 4.69) is 202 Å². The van der Waals surface area contributed by atoms with Crippen LogP contribution in [0.15, 0.2) is 198 Å². The number of fused-ring (bicyclic) bond motifs is 12. The first-order valence-corrected chi connectivity index (χ1v) is 21.0. The monoisotopic (exact) mass is 761 g/mol. The number of thiophene rings is 1. The van der Waals surface area contributed by atoms with E-state index in [0.717, 1.165) is 17.1 Å². The molecule has 3 nitrogen and oxygen atoms in total. The molecule has 57 heavy (non-hydrogen) atoms. The van der Waals surface area contributed by atoms with Crippen LogP contribution in [0.4, 0.5) is 17.1 Å². The highest BCUT2D eigenvalue weighted by atomic mass is 32.2. The van der Waals surface area contributed by atoms with E-state index in [1.807, 2.05) is 23.1 Å². The summed E-state index contributed by atoms with van der Waals surface area (Å²) in [6, 6.07) is 69.5. The minimum absolute atomic E-state index is 1.11. The van der Waals surface area contributed by atoms with Gasteiger partial charge >= 0.3 is 0 Å². The number of hydrogen-bond acceptors (Lipinski definition) is 3. The molecule has 0 N–H and O–H groups in total. The molecule has 0 amide bonds. The fourth-order valence-corrected chi connectivity index (χ4v) is 11.7. The first-order valence-electron chi connectivity index (χ1n) is 19.3. The first-order chi connectivity index (χ1) is 28.3. The minimum Gasteiger partial charge on any atom is -0.309 e. The van der Waals surface area contributed by atoms with Gasteiger partial charge < -0.3 is 14.0 Å². The fourth-order valence-electron chi connectivity index (χ4n) is 9.35. The topological polar surface area (TPSA) is 13.1 Å². The smallest absolute Gasteiger partial charge is 0.0702 e. The lowest BCUT2D eigenvalue weighted by atomic mass is 10.1. The molecule has 9 aromatic carbocycles. The van der Waals surface area contributed by atoms with Crippen LogP contribution >= 0.6 is 23.1 Å². The van der Waals surface area contributed by atoms with Gasteiger partial charge in [0, 0.05) is 63.7 Å². The molecule has 13 rings (SSSR count). The van der Waals surface area contributed by atoms with Crippen molar-refractivity contribution in [2.24, 2.45) is 0 Å². The van der Waals surface area contributed by atoms with Crippen molar-refractivity contribution in [3.63, 3.8) is 0 Å². The van der Waals surface area contributed by atoms with Crippen molar-refractivity contribution in [3.05, 3.63) is 188 Å². The molecule has 1 aliphatic heterocycles. The van der Waals surface area contributed by atoms with Gasteiger partial charge in [0.1, 0.15) is 0 Å². The zero-order chi connectivity index (χ0) is 37.2. The van der Waals surface area contributed by atoms with Crippen LogP contribution in [0.2, 0.25) is 0 Å². The zero-order valence-electron chi connectivity index (χ0n) is 30.6. The minimum atomic E-state index is 1.11. The summed E-state index contributed by atoms with van der Waals surface area (Å²) in [4.78, 5) is 5.00. The normalized spacial score (nSPS) is 12.5. The van der Waals surface area contributed by atoms with Gasteiger partial charge in [-0.25, -0.2) is 0 Å². The fraction of sp³-hybridized carbons (Fsp3) is 0. The summed E-state index contributed by atoms with van der Waals surface area (Å²) in [6.07, 6.45) is 0. The Hall–Kier alpha value is -6.79. The van der Waals surface area contributed by atoms with Gasteiger partial charge in [0.2, 0.25) is 0 Å². The average Bonchev–Trinajstić information content (AvgIpc) is 3.92. The quantitative estimate of drug-likeness (QED) is 0.177. The van der Waals surface area contributed by atoms with Crippen molar-refractivity contribution in [3.8, 4) is 11.4 Å². The molecule has 0 spiro atoms. The van der Waals surface area contributed by atoms with Gasteiger partial charge in [-0.2, -0.15) is 0 Å². The van der Waals surface area contributed by atoms with Crippen LogP contribution in [-0.2, 0) is 0 Å². The van der Waals surface area contributed by atoms with Crippen molar-refractivity contribution >= 4 is 115 Å². The van der Waals surface area contributed by atoms with Crippen molar-refractivity contribution < 1.29 is 0 Å². The van der Waals surface area contributed by atoms with E-state index >= 15 is 0 Å². The first kappa shape index (κ1) is 31.4. The predicted octanol–water partition coefficient (Wildman–Crippen LogP) is 15.3. The molecule has 0 aliphatic carbocycles. The van der Waals surface area contributed by atoms with Crippen molar-refractivity contribution in [2.75, 3.05) is 4.90 Å². The van der Waals surface area contributed by atoms with Gasteiger partial charge in [0.15, 0.2) is 0 Å². The summed E-state index contributed by atoms with van der Waals surface area (Å²) in [5.41, 5.74) is 10.7. The molecule has 4 heterocycles. The predicted molar refractivity (Wildman–Crippen MR) is 244 cm³/mol. The second kappa shape index (κ2) is 11.9. The largest absolute Gasteiger partial charge is 0.309 e. The number of rotatable bonds is 4. The second-order valence-electron chi connectivity index (χ2n) is 14.9. The average molecular weight is 762 g/mol. The molecule has 0 bridgehead atoms. The molecule has 12 aromatic rings. The Labute approximate surface area is 336 Å². The Morgan fingerprint density at radius 2 is 1.04 bits per heavy atom. The third-order valence-electron chi connectivity index (χ3n) is 11.9. The maximum absolute atomic E-state index is 2.49. The van der Waals surface area contributed by atoms with E-state index in [1.54, 1.807) is 0 Å². The summed E-state index contributed by atoms with van der Waals surface area (Å²) >= 11 is 3.75. The standard InChI is InChI=1S/C52H31N3S2/c1-2-12-33-29-34(22-21-32(33)11-1)53(46-28-27-42-38-14-4-7-17-44(38)55-45-18-8-10-20-49(45)57-52(46)51(42)55)35-23-25-39-37-13-3-6-16-43(37)54(47(39)30-35)36-24-26-41-40-15-5-9-19-48(40)56-50(41)31-36/h1-31H. The second-order valence-corrected chi connectivity index (χ2v) is 17.1. The highest BCUT2D eigenvalue weighted by Crippen LogP contribution is 2.53. The molecular formula is C52H31N3S2. The van der Waals surface area contributed by atoms with Crippen molar-refractivity contribution in [1.82, 2.24) is 9.13 Å². The number of aromatic nitrogens is 2. The highest BCUT2D eigenvalue weighted by molar-refractivity contribution is 8.00. The summed E-state index contributed by atoms with van der Waals surface area (Å²) in [5.74, 6) is 0. The molecular weight excluding hydrogens is 731 g/mol. The van der Waals surface area contributed by atoms with Gasteiger partial charge in [0.05, 0.1) is 38.3 Å². The third-order valence-corrected chi connectivity index (χ3v) is 14.2. The van der Waals surface area contributed by atoms with Crippen LogP contribution < -0.4 is 4.90 Å². The zero-order valence-corrected chi connectivity index (χ0v) is 32.2. The maximum Gasteiger partial charge on any atom is 0.0702 e. The molecule has 0 radical (unpaired) electrons. The van der Waals surface area contributed by atoms with E-state index in [-0.39, 0.29) is 0 Å². The number of nitrogens with zero attached hydrogens (tertiary/aromatic N) is 3. The Balaban J connectivity index is 1.10.